The molecule has 2 rings (SSSR count). The fourth-order valence-electron chi connectivity index (χ4n) is 2.66. The van der Waals surface area contributed by atoms with Gasteiger partial charge in [0.05, 0.1) is 0 Å². The Morgan fingerprint density at radius 3 is 2.76 bits per heavy atom. The molecule has 0 aliphatic carbocycles. The van der Waals surface area contributed by atoms with Gasteiger partial charge in [0.1, 0.15) is 6.61 Å². The predicted octanol–water partition coefficient (Wildman–Crippen LogP) is 2.31. The Labute approximate surface area is 131 Å². The molecule has 0 atom stereocenters. The van der Waals surface area contributed by atoms with Crippen LogP contribution in [0.1, 0.15) is 18.4 Å². The Balaban J connectivity index is 1.71. The van der Waals surface area contributed by atoms with E-state index in [0.717, 1.165) is 44.0 Å². The number of methoxy groups -OCH3 is 1. The molecule has 1 fully saturated rings. The average molecular weight is 311 g/mol. The molecule has 4 nitrogen and oxygen atoms in total. The van der Waals surface area contributed by atoms with E-state index in [1.807, 2.05) is 18.2 Å². The van der Waals surface area contributed by atoms with Crippen molar-refractivity contribution < 1.29 is 9.53 Å². The summed E-state index contributed by atoms with van der Waals surface area (Å²) in [5, 5.41) is 3.76. The van der Waals surface area contributed by atoms with Crippen molar-refractivity contribution in [2.75, 3.05) is 33.4 Å². The third kappa shape index (κ3) is 5.30. The van der Waals surface area contributed by atoms with Crippen LogP contribution in [0.25, 0.3) is 0 Å². The molecular formula is C16H23ClN2O2. The first kappa shape index (κ1) is 16.3. The summed E-state index contributed by atoms with van der Waals surface area (Å²) < 4.78 is 4.81. The van der Waals surface area contributed by atoms with Crippen LogP contribution in [0.5, 0.6) is 0 Å². The van der Waals surface area contributed by atoms with E-state index in [1.165, 1.54) is 12.7 Å². The van der Waals surface area contributed by atoms with Crippen molar-refractivity contribution in [1.82, 2.24) is 10.2 Å². The van der Waals surface area contributed by atoms with Crippen LogP contribution in [-0.2, 0) is 16.1 Å². The van der Waals surface area contributed by atoms with Crippen LogP contribution in [0.2, 0.25) is 5.02 Å². The lowest BCUT2D eigenvalue weighted by atomic mass is 9.96. The van der Waals surface area contributed by atoms with Crippen LogP contribution in [0.3, 0.4) is 0 Å². The van der Waals surface area contributed by atoms with Gasteiger partial charge in [-0.25, -0.2) is 0 Å². The molecule has 5 heteroatoms. The quantitative estimate of drug-likeness (QED) is 0.877. The number of benzene rings is 1. The normalized spacial score (nSPS) is 16.9. The summed E-state index contributed by atoms with van der Waals surface area (Å²) in [6, 6.07) is 8.01. The first-order valence-electron chi connectivity index (χ1n) is 7.40. The fraction of sp³-hybridized carbons (Fsp3) is 0.562. The van der Waals surface area contributed by atoms with E-state index >= 15 is 0 Å². The van der Waals surface area contributed by atoms with Crippen LogP contribution in [-0.4, -0.2) is 44.2 Å². The van der Waals surface area contributed by atoms with Crippen molar-refractivity contribution in [3.8, 4) is 0 Å². The van der Waals surface area contributed by atoms with Crippen molar-refractivity contribution in [3.63, 3.8) is 0 Å². The Morgan fingerprint density at radius 2 is 2.10 bits per heavy atom. The van der Waals surface area contributed by atoms with E-state index in [-0.39, 0.29) is 12.5 Å². The van der Waals surface area contributed by atoms with Gasteiger partial charge in [-0.1, -0.05) is 29.8 Å². The lowest BCUT2D eigenvalue weighted by Gasteiger charge is -2.32. The van der Waals surface area contributed by atoms with Gasteiger partial charge in [0.25, 0.3) is 0 Å². The zero-order valence-electron chi connectivity index (χ0n) is 12.5. The molecule has 1 saturated heterocycles. The molecule has 1 aliphatic heterocycles. The van der Waals surface area contributed by atoms with Crippen LogP contribution < -0.4 is 5.32 Å². The minimum Gasteiger partial charge on any atom is -0.375 e. The van der Waals surface area contributed by atoms with E-state index in [2.05, 4.69) is 16.3 Å². The maximum absolute atomic E-state index is 11.4. The lowest BCUT2D eigenvalue weighted by molar-refractivity contribution is -0.125. The number of likely N-dealkylation sites (tertiary alicyclic amines) is 1. The highest BCUT2D eigenvalue weighted by Gasteiger charge is 2.20. The average Bonchev–Trinajstić information content (AvgIpc) is 2.49. The summed E-state index contributed by atoms with van der Waals surface area (Å²) in [7, 11) is 1.53. The van der Waals surface area contributed by atoms with Gasteiger partial charge < -0.3 is 10.1 Å². The highest BCUT2D eigenvalue weighted by atomic mass is 35.5. The van der Waals surface area contributed by atoms with E-state index < -0.39 is 0 Å². The van der Waals surface area contributed by atoms with Gasteiger partial charge in [0.15, 0.2) is 0 Å². The molecule has 0 spiro atoms. The first-order chi connectivity index (χ1) is 10.2. The van der Waals surface area contributed by atoms with Crippen LogP contribution >= 0.6 is 11.6 Å². The zero-order valence-corrected chi connectivity index (χ0v) is 13.2. The Bertz CT molecular complexity index is 459. The number of nitrogens with zero attached hydrogens (tertiary/aromatic N) is 1. The van der Waals surface area contributed by atoms with Gasteiger partial charge in [0.2, 0.25) is 5.91 Å². The molecular weight excluding hydrogens is 288 g/mol. The van der Waals surface area contributed by atoms with E-state index in [4.69, 9.17) is 16.3 Å². The van der Waals surface area contributed by atoms with Crippen LogP contribution in [0.4, 0.5) is 0 Å². The topological polar surface area (TPSA) is 41.6 Å². The van der Waals surface area contributed by atoms with Crippen molar-refractivity contribution >= 4 is 17.5 Å². The molecule has 1 heterocycles. The number of rotatable bonds is 6. The van der Waals surface area contributed by atoms with Gasteiger partial charge in [0, 0.05) is 25.2 Å². The molecule has 1 aromatic rings. The highest BCUT2D eigenvalue weighted by molar-refractivity contribution is 6.31. The Hall–Kier alpha value is -1.10. The third-order valence-corrected chi connectivity index (χ3v) is 4.29. The Morgan fingerprint density at radius 1 is 1.38 bits per heavy atom. The molecule has 1 N–H and O–H groups in total. The number of nitrogens with one attached hydrogen (secondary N) is 1. The summed E-state index contributed by atoms with van der Waals surface area (Å²) >= 11 is 6.20. The number of piperidine rings is 1. The molecule has 0 saturated carbocycles. The van der Waals surface area contributed by atoms with E-state index in [9.17, 15) is 4.79 Å². The number of ether oxygens (including phenoxy) is 1. The second kappa shape index (κ2) is 8.37. The van der Waals surface area contributed by atoms with Crippen molar-refractivity contribution in [2.24, 2.45) is 5.92 Å². The standard InChI is InChI=1S/C16H23ClN2O2/c1-21-12-16(20)18-10-13-6-8-19(9-7-13)11-14-4-2-3-5-15(14)17/h2-5,13H,6-12H2,1H3,(H,18,20). The molecule has 116 valence electrons. The summed E-state index contributed by atoms with van der Waals surface area (Å²) in [4.78, 5) is 13.8. The Kier molecular flexibility index (Phi) is 6.49. The maximum atomic E-state index is 11.4. The predicted molar refractivity (Wildman–Crippen MR) is 84.3 cm³/mol. The second-order valence-corrected chi connectivity index (χ2v) is 5.96. The van der Waals surface area contributed by atoms with E-state index in [1.54, 1.807) is 0 Å². The number of hydrogen-bond donors (Lipinski definition) is 1. The molecule has 0 bridgehead atoms. The van der Waals surface area contributed by atoms with Gasteiger partial charge >= 0.3 is 0 Å². The zero-order chi connectivity index (χ0) is 15.1. The number of amides is 1. The van der Waals surface area contributed by atoms with E-state index in [0.29, 0.717) is 5.92 Å². The molecule has 0 unspecified atom stereocenters. The first-order valence-corrected chi connectivity index (χ1v) is 7.78. The number of carbonyl (C=O) groups excluding carboxylic acids is 1. The number of hydrogen-bond acceptors (Lipinski definition) is 3. The monoisotopic (exact) mass is 310 g/mol. The van der Waals surface area contributed by atoms with Crippen molar-refractivity contribution in [2.45, 2.75) is 19.4 Å². The minimum absolute atomic E-state index is 0.0315. The molecule has 1 amide bonds. The summed E-state index contributed by atoms with van der Waals surface area (Å²) in [5.74, 6) is 0.532. The largest absolute Gasteiger partial charge is 0.375 e. The molecule has 0 radical (unpaired) electrons. The van der Waals surface area contributed by atoms with Gasteiger partial charge in [-0.05, 0) is 43.5 Å². The summed E-state index contributed by atoms with van der Waals surface area (Å²) in [6.07, 6.45) is 2.22. The van der Waals surface area contributed by atoms with Crippen LogP contribution in [0, 0.1) is 5.92 Å². The summed E-state index contributed by atoms with van der Waals surface area (Å²) in [6.45, 7) is 3.90. The third-order valence-electron chi connectivity index (χ3n) is 3.92. The molecule has 0 aromatic heterocycles. The maximum Gasteiger partial charge on any atom is 0.245 e. The lowest BCUT2D eigenvalue weighted by Crippen LogP contribution is -2.39. The van der Waals surface area contributed by atoms with Gasteiger partial charge in [-0.3, -0.25) is 9.69 Å². The van der Waals surface area contributed by atoms with Crippen molar-refractivity contribution in [3.05, 3.63) is 34.9 Å². The smallest absolute Gasteiger partial charge is 0.245 e. The molecule has 1 aromatic carbocycles. The fourth-order valence-corrected chi connectivity index (χ4v) is 2.85. The number of halogens is 1. The van der Waals surface area contributed by atoms with Gasteiger partial charge in [-0.15, -0.1) is 0 Å². The second-order valence-electron chi connectivity index (χ2n) is 5.55. The molecule has 21 heavy (non-hydrogen) atoms. The SMILES string of the molecule is COCC(=O)NCC1CCN(Cc2ccccc2Cl)CC1. The van der Waals surface area contributed by atoms with Crippen LogP contribution in [0.15, 0.2) is 24.3 Å². The highest BCUT2D eigenvalue weighted by Crippen LogP contribution is 2.21. The van der Waals surface area contributed by atoms with Crippen molar-refractivity contribution in [1.29, 1.82) is 0 Å². The number of carbonyl (C=O) groups is 1. The summed E-state index contributed by atoms with van der Waals surface area (Å²) in [5.41, 5.74) is 1.19. The van der Waals surface area contributed by atoms with Gasteiger partial charge in [-0.2, -0.15) is 0 Å². The minimum atomic E-state index is -0.0315. The molecule has 1 aliphatic rings.